The van der Waals surface area contributed by atoms with E-state index in [0.29, 0.717) is 11.7 Å². The fraction of sp³-hybridized carbons (Fsp3) is 0.118. The first-order valence-electron chi connectivity index (χ1n) is 6.68. The number of aromatic nitrogens is 2. The van der Waals surface area contributed by atoms with Crippen molar-refractivity contribution in [3.63, 3.8) is 0 Å². The molecule has 0 fully saturated rings. The number of hydrogen-bond donors (Lipinski definition) is 0. The van der Waals surface area contributed by atoms with E-state index < -0.39 is 0 Å². The molecule has 0 saturated heterocycles. The van der Waals surface area contributed by atoms with E-state index in [4.69, 9.17) is 11.6 Å². The highest BCUT2D eigenvalue weighted by atomic mass is 35.5. The zero-order valence-corrected chi connectivity index (χ0v) is 12.3. The lowest BCUT2D eigenvalue weighted by molar-refractivity contribution is 0.624. The molecule has 0 N–H and O–H groups in total. The molecule has 0 spiro atoms. The minimum absolute atomic E-state index is 0.244. The summed E-state index contributed by atoms with van der Waals surface area (Å²) in [5.74, 6) is -0.244. The molecule has 0 atom stereocenters. The van der Waals surface area contributed by atoms with Crippen LogP contribution in [0.4, 0.5) is 4.39 Å². The Balaban J connectivity index is 1.95. The fourth-order valence-corrected chi connectivity index (χ4v) is 2.46. The van der Waals surface area contributed by atoms with Gasteiger partial charge in [-0.3, -0.25) is 0 Å². The molecule has 0 bridgehead atoms. The van der Waals surface area contributed by atoms with Gasteiger partial charge in [0.25, 0.3) is 0 Å². The average Bonchev–Trinajstić information content (AvgIpc) is 2.79. The van der Waals surface area contributed by atoms with E-state index in [1.54, 1.807) is 16.8 Å². The zero-order valence-electron chi connectivity index (χ0n) is 11.6. The molecule has 2 nitrogen and oxygen atoms in total. The van der Waals surface area contributed by atoms with Gasteiger partial charge in [-0.1, -0.05) is 54.1 Å². The van der Waals surface area contributed by atoms with E-state index in [0.717, 1.165) is 22.4 Å². The Hall–Kier alpha value is -2.13. The van der Waals surface area contributed by atoms with E-state index in [1.165, 1.54) is 12.1 Å². The van der Waals surface area contributed by atoms with Gasteiger partial charge in [0.15, 0.2) is 0 Å². The van der Waals surface area contributed by atoms with Crippen LogP contribution >= 0.6 is 11.6 Å². The quantitative estimate of drug-likeness (QED) is 0.685. The monoisotopic (exact) mass is 300 g/mol. The SMILES string of the molecule is Cc1c(-c2ccccc2)nn(Cc2ccc(F)cc2)c1Cl. The van der Waals surface area contributed by atoms with Crippen LogP contribution in [-0.2, 0) is 6.54 Å². The second kappa shape index (κ2) is 5.70. The van der Waals surface area contributed by atoms with E-state index in [9.17, 15) is 4.39 Å². The summed E-state index contributed by atoms with van der Waals surface area (Å²) in [4.78, 5) is 0. The standard InChI is InChI=1S/C17H14ClFN2/c1-12-16(14-5-3-2-4-6-14)20-21(17(12)18)11-13-7-9-15(19)10-8-13/h2-10H,11H2,1H3. The Kier molecular flexibility index (Phi) is 3.76. The van der Waals surface area contributed by atoms with Gasteiger partial charge in [-0.15, -0.1) is 0 Å². The Labute approximate surface area is 127 Å². The molecule has 3 rings (SSSR count). The van der Waals surface area contributed by atoms with Gasteiger partial charge in [0, 0.05) is 11.1 Å². The van der Waals surface area contributed by atoms with Gasteiger partial charge in [0.1, 0.15) is 11.0 Å². The van der Waals surface area contributed by atoms with Crippen molar-refractivity contribution in [3.05, 3.63) is 76.7 Å². The van der Waals surface area contributed by atoms with Crippen LogP contribution in [0.5, 0.6) is 0 Å². The molecule has 2 aromatic carbocycles. The topological polar surface area (TPSA) is 17.8 Å². The fourth-order valence-electron chi connectivity index (χ4n) is 2.27. The highest BCUT2D eigenvalue weighted by Crippen LogP contribution is 2.28. The molecule has 0 saturated carbocycles. The van der Waals surface area contributed by atoms with E-state index in [-0.39, 0.29) is 5.82 Å². The first-order valence-corrected chi connectivity index (χ1v) is 7.05. The van der Waals surface area contributed by atoms with Crippen molar-refractivity contribution in [2.75, 3.05) is 0 Å². The molecule has 106 valence electrons. The maximum atomic E-state index is 12.9. The van der Waals surface area contributed by atoms with Crippen molar-refractivity contribution >= 4 is 11.6 Å². The second-order valence-corrected chi connectivity index (χ2v) is 5.27. The van der Waals surface area contributed by atoms with Gasteiger partial charge in [-0.25, -0.2) is 9.07 Å². The molecule has 4 heteroatoms. The van der Waals surface area contributed by atoms with Gasteiger partial charge in [-0.05, 0) is 24.6 Å². The molecule has 3 aromatic rings. The van der Waals surface area contributed by atoms with Crippen LogP contribution < -0.4 is 0 Å². The predicted molar refractivity (Wildman–Crippen MR) is 82.9 cm³/mol. The summed E-state index contributed by atoms with van der Waals surface area (Å²) in [6.07, 6.45) is 0. The van der Waals surface area contributed by atoms with Crippen molar-refractivity contribution < 1.29 is 4.39 Å². The van der Waals surface area contributed by atoms with Crippen LogP contribution in [-0.4, -0.2) is 9.78 Å². The van der Waals surface area contributed by atoms with Gasteiger partial charge in [-0.2, -0.15) is 5.10 Å². The zero-order chi connectivity index (χ0) is 14.8. The first kappa shape index (κ1) is 13.8. The third kappa shape index (κ3) is 2.83. The minimum atomic E-state index is -0.244. The Bertz CT molecular complexity index is 748. The molecule has 0 aliphatic rings. The molecule has 1 heterocycles. The van der Waals surface area contributed by atoms with Crippen molar-refractivity contribution in [2.45, 2.75) is 13.5 Å². The highest BCUT2D eigenvalue weighted by Gasteiger charge is 2.14. The van der Waals surface area contributed by atoms with Gasteiger partial charge < -0.3 is 0 Å². The first-order chi connectivity index (χ1) is 10.1. The Morgan fingerprint density at radius 1 is 1.05 bits per heavy atom. The van der Waals surface area contributed by atoms with Crippen LogP contribution in [0.1, 0.15) is 11.1 Å². The average molecular weight is 301 g/mol. The molecule has 21 heavy (non-hydrogen) atoms. The van der Waals surface area contributed by atoms with Gasteiger partial charge in [0.05, 0.1) is 12.2 Å². The maximum absolute atomic E-state index is 12.9. The van der Waals surface area contributed by atoms with Crippen LogP contribution in [0.2, 0.25) is 5.15 Å². The molecule has 0 radical (unpaired) electrons. The largest absolute Gasteiger partial charge is 0.249 e. The molecular formula is C17H14ClFN2. The Morgan fingerprint density at radius 2 is 1.71 bits per heavy atom. The molecule has 0 aliphatic carbocycles. The van der Waals surface area contributed by atoms with Crippen molar-refractivity contribution in [3.8, 4) is 11.3 Å². The van der Waals surface area contributed by atoms with Crippen LogP contribution in [0, 0.1) is 12.7 Å². The molecule has 0 aliphatic heterocycles. The highest BCUT2D eigenvalue weighted by molar-refractivity contribution is 6.30. The molecular weight excluding hydrogens is 287 g/mol. The van der Waals surface area contributed by atoms with Crippen LogP contribution in [0.3, 0.4) is 0 Å². The maximum Gasteiger partial charge on any atom is 0.130 e. The molecule has 0 unspecified atom stereocenters. The smallest absolute Gasteiger partial charge is 0.130 e. The van der Waals surface area contributed by atoms with E-state index in [2.05, 4.69) is 5.10 Å². The molecule has 0 amide bonds. The summed E-state index contributed by atoms with van der Waals surface area (Å²) in [5, 5.41) is 5.20. The lowest BCUT2D eigenvalue weighted by Gasteiger charge is -2.03. The summed E-state index contributed by atoms with van der Waals surface area (Å²) < 4.78 is 14.7. The van der Waals surface area contributed by atoms with E-state index in [1.807, 2.05) is 37.3 Å². The summed E-state index contributed by atoms with van der Waals surface area (Å²) in [6, 6.07) is 16.3. The van der Waals surface area contributed by atoms with Crippen LogP contribution in [0.25, 0.3) is 11.3 Å². The van der Waals surface area contributed by atoms with Crippen molar-refractivity contribution in [2.24, 2.45) is 0 Å². The van der Waals surface area contributed by atoms with Crippen molar-refractivity contribution in [1.82, 2.24) is 9.78 Å². The third-order valence-corrected chi connectivity index (χ3v) is 3.88. The summed E-state index contributed by atoms with van der Waals surface area (Å²) in [5.41, 5.74) is 3.82. The van der Waals surface area contributed by atoms with Crippen molar-refractivity contribution in [1.29, 1.82) is 0 Å². The number of nitrogens with zero attached hydrogens (tertiary/aromatic N) is 2. The normalized spacial score (nSPS) is 10.8. The number of halogens is 2. The Morgan fingerprint density at radius 3 is 2.38 bits per heavy atom. The number of rotatable bonds is 3. The predicted octanol–water partition coefficient (Wildman–Crippen LogP) is 4.70. The van der Waals surface area contributed by atoms with Gasteiger partial charge in [0.2, 0.25) is 0 Å². The van der Waals surface area contributed by atoms with Gasteiger partial charge >= 0.3 is 0 Å². The summed E-state index contributed by atoms with van der Waals surface area (Å²) in [7, 11) is 0. The number of benzene rings is 2. The number of hydrogen-bond acceptors (Lipinski definition) is 1. The summed E-state index contributed by atoms with van der Waals surface area (Å²) in [6.45, 7) is 2.48. The third-order valence-electron chi connectivity index (χ3n) is 3.40. The lowest BCUT2D eigenvalue weighted by Crippen LogP contribution is -2.02. The minimum Gasteiger partial charge on any atom is -0.249 e. The lowest BCUT2D eigenvalue weighted by atomic mass is 10.1. The molecule has 1 aromatic heterocycles. The van der Waals surface area contributed by atoms with Crippen LogP contribution in [0.15, 0.2) is 54.6 Å². The van der Waals surface area contributed by atoms with E-state index >= 15 is 0 Å². The summed E-state index contributed by atoms with van der Waals surface area (Å²) >= 11 is 6.37. The second-order valence-electron chi connectivity index (χ2n) is 4.91.